The maximum atomic E-state index is 13.4. The van der Waals surface area contributed by atoms with Crippen LogP contribution in [0.25, 0.3) is 0 Å². The van der Waals surface area contributed by atoms with Crippen molar-refractivity contribution in [3.05, 3.63) is 54.2 Å². The number of carbonyl (C=O) groups is 2. The van der Waals surface area contributed by atoms with Gasteiger partial charge in [-0.3, -0.25) is 9.59 Å². The SMILES string of the molecule is O=C(NC1CCN(c2ccccc2C(=O)N2CCN(c3ccccn3)CC2)CC1)C1CCC1. The second kappa shape index (κ2) is 9.81. The zero-order valence-electron chi connectivity index (χ0n) is 19.2. The summed E-state index contributed by atoms with van der Waals surface area (Å²) in [4.78, 5) is 36.7. The van der Waals surface area contributed by atoms with Crippen molar-refractivity contribution < 1.29 is 9.59 Å². The normalized spacial score (nSPS) is 19.8. The summed E-state index contributed by atoms with van der Waals surface area (Å²) in [6.45, 7) is 4.67. The van der Waals surface area contributed by atoms with Crippen molar-refractivity contribution in [1.82, 2.24) is 15.2 Å². The Kier molecular flexibility index (Phi) is 6.46. The third-order valence-electron chi connectivity index (χ3n) is 7.33. The van der Waals surface area contributed by atoms with Crippen LogP contribution in [0.1, 0.15) is 42.5 Å². The fraction of sp³-hybridized carbons (Fsp3) is 0.500. The van der Waals surface area contributed by atoms with Crippen molar-refractivity contribution in [2.75, 3.05) is 49.1 Å². The Bertz CT molecular complexity index is 962. The lowest BCUT2D eigenvalue weighted by atomic mass is 9.84. The fourth-order valence-electron chi connectivity index (χ4n) is 5.03. The maximum Gasteiger partial charge on any atom is 0.256 e. The molecule has 7 nitrogen and oxygen atoms in total. The largest absolute Gasteiger partial charge is 0.371 e. The maximum absolute atomic E-state index is 13.4. The minimum atomic E-state index is 0.103. The van der Waals surface area contributed by atoms with Crippen LogP contribution in [-0.2, 0) is 4.79 Å². The topological polar surface area (TPSA) is 68.8 Å². The number of piperidine rings is 1. The summed E-state index contributed by atoms with van der Waals surface area (Å²) in [5, 5.41) is 3.25. The summed E-state index contributed by atoms with van der Waals surface area (Å²) < 4.78 is 0. The molecule has 5 rings (SSSR count). The predicted octanol–water partition coefficient (Wildman–Crippen LogP) is 2.93. The number of amides is 2. The van der Waals surface area contributed by atoms with Gasteiger partial charge in [0.05, 0.1) is 5.56 Å². The number of aromatic nitrogens is 1. The van der Waals surface area contributed by atoms with Crippen LogP contribution in [0.3, 0.4) is 0 Å². The van der Waals surface area contributed by atoms with Crippen molar-refractivity contribution in [2.24, 2.45) is 5.92 Å². The van der Waals surface area contributed by atoms with E-state index in [2.05, 4.69) is 26.2 Å². The van der Waals surface area contributed by atoms with Gasteiger partial charge in [-0.15, -0.1) is 0 Å². The Hall–Kier alpha value is -3.09. The summed E-state index contributed by atoms with van der Waals surface area (Å²) in [7, 11) is 0. The summed E-state index contributed by atoms with van der Waals surface area (Å²) in [5.41, 5.74) is 1.79. The first-order valence-corrected chi connectivity index (χ1v) is 12.3. The van der Waals surface area contributed by atoms with Gasteiger partial charge in [-0.25, -0.2) is 4.98 Å². The molecule has 2 aliphatic heterocycles. The second-order valence-corrected chi connectivity index (χ2v) is 9.38. The quantitative estimate of drug-likeness (QED) is 0.763. The number of para-hydroxylation sites is 1. The van der Waals surface area contributed by atoms with Gasteiger partial charge in [0.1, 0.15) is 5.82 Å². The molecule has 1 aliphatic carbocycles. The molecule has 33 heavy (non-hydrogen) atoms. The van der Waals surface area contributed by atoms with Crippen molar-refractivity contribution in [3.8, 4) is 0 Å². The van der Waals surface area contributed by atoms with Gasteiger partial charge in [-0.2, -0.15) is 0 Å². The number of anilines is 2. The van der Waals surface area contributed by atoms with Crippen LogP contribution in [-0.4, -0.2) is 67.0 Å². The molecular formula is C26H33N5O2. The Balaban J connectivity index is 1.19. The highest BCUT2D eigenvalue weighted by Gasteiger charge is 2.30. The van der Waals surface area contributed by atoms with Crippen molar-refractivity contribution >= 4 is 23.3 Å². The molecule has 7 heteroatoms. The van der Waals surface area contributed by atoms with Gasteiger partial charge < -0.3 is 20.0 Å². The zero-order chi connectivity index (χ0) is 22.6. The Morgan fingerprint density at radius 2 is 1.55 bits per heavy atom. The van der Waals surface area contributed by atoms with Crippen LogP contribution in [0, 0.1) is 5.92 Å². The smallest absolute Gasteiger partial charge is 0.256 e. The van der Waals surface area contributed by atoms with E-state index in [0.29, 0.717) is 13.1 Å². The molecule has 3 fully saturated rings. The second-order valence-electron chi connectivity index (χ2n) is 9.38. The lowest BCUT2D eigenvalue weighted by Gasteiger charge is -2.38. The lowest BCUT2D eigenvalue weighted by molar-refractivity contribution is -0.128. The first-order valence-electron chi connectivity index (χ1n) is 12.3. The minimum absolute atomic E-state index is 0.103. The number of rotatable bonds is 5. The molecule has 1 aromatic heterocycles. The molecule has 1 saturated carbocycles. The van der Waals surface area contributed by atoms with Gasteiger partial charge in [0.25, 0.3) is 5.91 Å². The Morgan fingerprint density at radius 1 is 0.818 bits per heavy atom. The van der Waals surface area contributed by atoms with Crippen LogP contribution >= 0.6 is 0 Å². The third-order valence-corrected chi connectivity index (χ3v) is 7.33. The number of nitrogens with one attached hydrogen (secondary N) is 1. The molecule has 3 aliphatic rings. The summed E-state index contributed by atoms with van der Waals surface area (Å²) in [5.74, 6) is 1.54. The lowest BCUT2D eigenvalue weighted by Crippen LogP contribution is -2.50. The number of pyridine rings is 1. The van der Waals surface area contributed by atoms with E-state index in [1.807, 2.05) is 47.5 Å². The number of carbonyl (C=O) groups excluding carboxylic acids is 2. The van der Waals surface area contributed by atoms with Crippen LogP contribution < -0.4 is 15.1 Å². The molecule has 1 aromatic carbocycles. The van der Waals surface area contributed by atoms with Gasteiger partial charge in [-0.1, -0.05) is 24.6 Å². The summed E-state index contributed by atoms with van der Waals surface area (Å²) in [6.07, 6.45) is 6.91. The molecule has 0 radical (unpaired) electrons. The first-order chi connectivity index (χ1) is 16.2. The van der Waals surface area contributed by atoms with Crippen molar-refractivity contribution in [2.45, 2.75) is 38.1 Å². The van der Waals surface area contributed by atoms with E-state index in [1.165, 1.54) is 6.42 Å². The van der Waals surface area contributed by atoms with Gasteiger partial charge in [0.2, 0.25) is 5.91 Å². The molecule has 3 heterocycles. The Labute approximate surface area is 195 Å². The van der Waals surface area contributed by atoms with Gasteiger partial charge in [0, 0.05) is 63.1 Å². The summed E-state index contributed by atoms with van der Waals surface area (Å²) >= 11 is 0. The molecule has 174 valence electrons. The molecule has 0 atom stereocenters. The van der Waals surface area contributed by atoms with E-state index in [4.69, 9.17) is 0 Å². The zero-order valence-corrected chi connectivity index (χ0v) is 19.2. The third kappa shape index (κ3) is 4.82. The average Bonchev–Trinajstić information content (AvgIpc) is 2.84. The average molecular weight is 448 g/mol. The van der Waals surface area contributed by atoms with Gasteiger partial charge in [0.15, 0.2) is 0 Å². The van der Waals surface area contributed by atoms with E-state index >= 15 is 0 Å². The van der Waals surface area contributed by atoms with Crippen LogP contribution in [0.2, 0.25) is 0 Å². The van der Waals surface area contributed by atoms with Gasteiger partial charge >= 0.3 is 0 Å². The number of benzene rings is 1. The highest BCUT2D eigenvalue weighted by molar-refractivity contribution is 6.00. The van der Waals surface area contributed by atoms with Crippen LogP contribution in [0.4, 0.5) is 11.5 Å². The van der Waals surface area contributed by atoms with Crippen LogP contribution in [0.15, 0.2) is 48.7 Å². The molecule has 2 amide bonds. The Morgan fingerprint density at radius 3 is 2.21 bits per heavy atom. The number of nitrogens with zero attached hydrogens (tertiary/aromatic N) is 4. The highest BCUT2D eigenvalue weighted by atomic mass is 16.2. The standard InChI is InChI=1S/C26H33N5O2/c32-25(20-6-5-7-20)28-21-11-14-29(15-12-21)23-9-2-1-8-22(23)26(33)31-18-16-30(17-19-31)24-10-3-4-13-27-24/h1-4,8-10,13,20-21H,5-7,11-12,14-19H2,(H,28,32). The van der Waals surface area contributed by atoms with E-state index in [1.54, 1.807) is 0 Å². The fourth-order valence-corrected chi connectivity index (χ4v) is 5.03. The van der Waals surface area contributed by atoms with E-state index in [-0.39, 0.29) is 23.8 Å². The van der Waals surface area contributed by atoms with Crippen molar-refractivity contribution in [3.63, 3.8) is 0 Å². The molecular weight excluding hydrogens is 414 g/mol. The monoisotopic (exact) mass is 447 g/mol. The van der Waals surface area contributed by atoms with E-state index in [0.717, 1.165) is 68.9 Å². The highest BCUT2D eigenvalue weighted by Crippen LogP contribution is 2.28. The number of hydrogen-bond acceptors (Lipinski definition) is 5. The van der Waals surface area contributed by atoms with E-state index < -0.39 is 0 Å². The molecule has 2 saturated heterocycles. The molecule has 0 unspecified atom stereocenters. The molecule has 1 N–H and O–H groups in total. The molecule has 0 bridgehead atoms. The van der Waals surface area contributed by atoms with Gasteiger partial charge in [-0.05, 0) is 49.9 Å². The van der Waals surface area contributed by atoms with Crippen LogP contribution in [0.5, 0.6) is 0 Å². The first kappa shape index (κ1) is 21.7. The number of piperazine rings is 1. The van der Waals surface area contributed by atoms with Crippen molar-refractivity contribution in [1.29, 1.82) is 0 Å². The minimum Gasteiger partial charge on any atom is -0.371 e. The molecule has 2 aromatic rings. The predicted molar refractivity (Wildman–Crippen MR) is 130 cm³/mol. The van der Waals surface area contributed by atoms with E-state index in [9.17, 15) is 9.59 Å². The number of hydrogen-bond donors (Lipinski definition) is 1. The summed E-state index contributed by atoms with van der Waals surface area (Å²) in [6, 6.07) is 14.2. The molecule has 0 spiro atoms.